The van der Waals surface area contributed by atoms with Crippen LogP contribution in [0.2, 0.25) is 0 Å². The first-order chi connectivity index (χ1) is 6.18. The Morgan fingerprint density at radius 3 is 3.00 bits per heavy atom. The molecule has 0 saturated heterocycles. The minimum absolute atomic E-state index is 0.0445. The van der Waals surface area contributed by atoms with E-state index in [-0.39, 0.29) is 5.78 Å². The normalized spacial score (nSPS) is 10.6. The number of aromatic nitrogens is 3. The van der Waals surface area contributed by atoms with Crippen molar-refractivity contribution in [3.63, 3.8) is 0 Å². The largest absolute Gasteiger partial charge is 0.293 e. The van der Waals surface area contributed by atoms with E-state index in [1.807, 2.05) is 13.0 Å². The Morgan fingerprint density at radius 2 is 2.31 bits per heavy atom. The number of pyridine rings is 1. The molecule has 4 heteroatoms. The summed E-state index contributed by atoms with van der Waals surface area (Å²) >= 11 is 0. The number of carbonyl (C=O) groups excluding carboxylic acids is 1. The number of fused-ring (bicyclic) bond motifs is 1. The van der Waals surface area contributed by atoms with Crippen molar-refractivity contribution in [2.75, 3.05) is 0 Å². The number of rotatable bonds is 1. The fourth-order valence-electron chi connectivity index (χ4n) is 1.29. The number of nitrogens with zero attached hydrogens (tertiary/aromatic N) is 2. The number of hydrogen-bond acceptors (Lipinski definition) is 3. The van der Waals surface area contributed by atoms with E-state index in [0.29, 0.717) is 5.69 Å². The van der Waals surface area contributed by atoms with Crippen LogP contribution in [0.4, 0.5) is 0 Å². The van der Waals surface area contributed by atoms with Crippen LogP contribution in [0.3, 0.4) is 0 Å². The average molecular weight is 175 g/mol. The van der Waals surface area contributed by atoms with Gasteiger partial charge in [0.25, 0.3) is 0 Å². The predicted molar refractivity (Wildman–Crippen MR) is 48.6 cm³/mol. The molecule has 0 aliphatic rings. The summed E-state index contributed by atoms with van der Waals surface area (Å²) in [5.41, 5.74) is 2.23. The first kappa shape index (κ1) is 7.91. The molecule has 0 saturated carbocycles. The van der Waals surface area contributed by atoms with Crippen molar-refractivity contribution >= 4 is 16.7 Å². The first-order valence-corrected chi connectivity index (χ1v) is 4.00. The second kappa shape index (κ2) is 2.65. The lowest BCUT2D eigenvalue weighted by Gasteiger charge is -1.91. The molecule has 2 aromatic rings. The molecule has 2 heterocycles. The van der Waals surface area contributed by atoms with Gasteiger partial charge in [0.1, 0.15) is 5.69 Å². The van der Waals surface area contributed by atoms with Crippen molar-refractivity contribution in [3.05, 3.63) is 23.7 Å². The van der Waals surface area contributed by atoms with Crippen LogP contribution in [0.15, 0.2) is 12.3 Å². The van der Waals surface area contributed by atoms with Crippen molar-refractivity contribution in [1.82, 2.24) is 15.2 Å². The third kappa shape index (κ3) is 1.20. The van der Waals surface area contributed by atoms with Gasteiger partial charge in [-0.1, -0.05) is 0 Å². The van der Waals surface area contributed by atoms with Crippen LogP contribution in [0, 0.1) is 6.92 Å². The molecule has 0 radical (unpaired) electrons. The van der Waals surface area contributed by atoms with Gasteiger partial charge in [-0.3, -0.25) is 14.9 Å². The highest BCUT2D eigenvalue weighted by Crippen LogP contribution is 2.15. The molecule has 66 valence electrons. The Balaban J connectivity index is 2.76. The van der Waals surface area contributed by atoms with Crippen molar-refractivity contribution < 1.29 is 4.79 Å². The topological polar surface area (TPSA) is 58.6 Å². The van der Waals surface area contributed by atoms with Gasteiger partial charge in [-0.25, -0.2) is 0 Å². The number of Topliss-reactive ketones (excluding diaryl/α,β-unsaturated/α-hetero) is 1. The van der Waals surface area contributed by atoms with Gasteiger partial charge in [0.05, 0.1) is 5.52 Å². The standard InChI is InChI=1S/C9H9N3O/c1-5-3-8-7(4-10-5)9(6(2)13)12-11-8/h3-4H,1-2H3,(H,11,12). The molecule has 4 nitrogen and oxygen atoms in total. The number of ketones is 1. The maximum absolute atomic E-state index is 11.1. The number of H-pyrrole nitrogens is 1. The molecule has 0 unspecified atom stereocenters. The third-order valence-electron chi connectivity index (χ3n) is 1.92. The summed E-state index contributed by atoms with van der Waals surface area (Å²) in [6, 6.07) is 1.87. The highest BCUT2D eigenvalue weighted by molar-refractivity contribution is 6.04. The van der Waals surface area contributed by atoms with Gasteiger partial charge in [0.15, 0.2) is 5.78 Å². The lowest BCUT2D eigenvalue weighted by Crippen LogP contribution is -1.92. The van der Waals surface area contributed by atoms with Crippen LogP contribution in [0.25, 0.3) is 10.9 Å². The second-order valence-corrected chi connectivity index (χ2v) is 3.00. The van der Waals surface area contributed by atoms with Gasteiger partial charge >= 0.3 is 0 Å². The van der Waals surface area contributed by atoms with Crippen molar-refractivity contribution in [1.29, 1.82) is 0 Å². The number of aryl methyl sites for hydroxylation is 1. The summed E-state index contributed by atoms with van der Waals surface area (Å²) in [5.74, 6) is -0.0445. The zero-order valence-electron chi connectivity index (χ0n) is 7.46. The van der Waals surface area contributed by atoms with E-state index in [9.17, 15) is 4.79 Å². The molecule has 0 aromatic carbocycles. The summed E-state index contributed by atoms with van der Waals surface area (Å²) in [5, 5.41) is 7.51. The highest BCUT2D eigenvalue weighted by atomic mass is 16.1. The fraction of sp³-hybridized carbons (Fsp3) is 0.222. The summed E-state index contributed by atoms with van der Waals surface area (Å²) in [6.45, 7) is 3.39. The Kier molecular flexibility index (Phi) is 1.62. The third-order valence-corrected chi connectivity index (χ3v) is 1.92. The van der Waals surface area contributed by atoms with E-state index >= 15 is 0 Å². The van der Waals surface area contributed by atoms with E-state index in [1.54, 1.807) is 6.20 Å². The molecule has 2 aromatic heterocycles. The van der Waals surface area contributed by atoms with E-state index in [2.05, 4.69) is 15.2 Å². The molecule has 0 amide bonds. The van der Waals surface area contributed by atoms with E-state index < -0.39 is 0 Å². The molecule has 0 spiro atoms. The van der Waals surface area contributed by atoms with E-state index in [0.717, 1.165) is 16.6 Å². The number of nitrogens with one attached hydrogen (secondary N) is 1. The zero-order chi connectivity index (χ0) is 9.42. The highest BCUT2D eigenvalue weighted by Gasteiger charge is 2.09. The van der Waals surface area contributed by atoms with Gasteiger partial charge in [-0.2, -0.15) is 5.10 Å². The predicted octanol–water partition coefficient (Wildman–Crippen LogP) is 1.47. The van der Waals surface area contributed by atoms with Crippen LogP contribution in [-0.4, -0.2) is 21.0 Å². The summed E-state index contributed by atoms with van der Waals surface area (Å²) in [6.07, 6.45) is 1.67. The molecule has 0 atom stereocenters. The SMILES string of the molecule is CC(=O)c1n[nH]c2cc(C)ncc12. The van der Waals surface area contributed by atoms with Crippen LogP contribution in [-0.2, 0) is 0 Å². The Labute approximate surface area is 75.0 Å². The molecule has 0 fully saturated rings. The molecule has 13 heavy (non-hydrogen) atoms. The van der Waals surface area contributed by atoms with E-state index in [1.165, 1.54) is 6.92 Å². The maximum atomic E-state index is 11.1. The van der Waals surface area contributed by atoms with Crippen LogP contribution in [0.5, 0.6) is 0 Å². The average Bonchev–Trinajstić information content (AvgIpc) is 2.46. The molecule has 0 aliphatic heterocycles. The zero-order valence-corrected chi connectivity index (χ0v) is 7.46. The van der Waals surface area contributed by atoms with Gasteiger partial charge in [-0.05, 0) is 13.0 Å². The Bertz CT molecular complexity index is 473. The van der Waals surface area contributed by atoms with Gasteiger partial charge < -0.3 is 0 Å². The lowest BCUT2D eigenvalue weighted by molar-refractivity contribution is 0.101. The quantitative estimate of drug-likeness (QED) is 0.667. The first-order valence-electron chi connectivity index (χ1n) is 4.00. The minimum Gasteiger partial charge on any atom is -0.293 e. The van der Waals surface area contributed by atoms with E-state index in [4.69, 9.17) is 0 Å². The summed E-state index contributed by atoms with van der Waals surface area (Å²) in [7, 11) is 0. The van der Waals surface area contributed by atoms with Gasteiger partial charge in [0.2, 0.25) is 0 Å². The lowest BCUT2D eigenvalue weighted by atomic mass is 10.2. The van der Waals surface area contributed by atoms with Crippen LogP contribution in [0.1, 0.15) is 23.1 Å². The van der Waals surface area contributed by atoms with Gasteiger partial charge in [0, 0.05) is 24.2 Å². The minimum atomic E-state index is -0.0445. The molecule has 0 aliphatic carbocycles. The summed E-state index contributed by atoms with van der Waals surface area (Å²) < 4.78 is 0. The smallest absolute Gasteiger partial charge is 0.180 e. The molecule has 0 bridgehead atoms. The van der Waals surface area contributed by atoms with Crippen molar-refractivity contribution in [2.24, 2.45) is 0 Å². The van der Waals surface area contributed by atoms with Crippen molar-refractivity contribution in [2.45, 2.75) is 13.8 Å². The molecule has 1 N–H and O–H groups in total. The Morgan fingerprint density at radius 1 is 1.54 bits per heavy atom. The molecular formula is C9H9N3O. The number of aromatic amines is 1. The van der Waals surface area contributed by atoms with Crippen LogP contribution < -0.4 is 0 Å². The fourth-order valence-corrected chi connectivity index (χ4v) is 1.29. The van der Waals surface area contributed by atoms with Crippen LogP contribution >= 0.6 is 0 Å². The maximum Gasteiger partial charge on any atom is 0.180 e. The second-order valence-electron chi connectivity index (χ2n) is 3.00. The number of carbonyl (C=O) groups is 1. The monoisotopic (exact) mass is 175 g/mol. The van der Waals surface area contributed by atoms with Gasteiger partial charge in [-0.15, -0.1) is 0 Å². The number of hydrogen-bond donors (Lipinski definition) is 1. The molecular weight excluding hydrogens is 166 g/mol. The van der Waals surface area contributed by atoms with Crippen molar-refractivity contribution in [3.8, 4) is 0 Å². The molecule has 2 rings (SSSR count). The Hall–Kier alpha value is -1.71. The summed E-state index contributed by atoms with van der Waals surface area (Å²) in [4.78, 5) is 15.2.